The molecule has 0 saturated carbocycles. The van der Waals surface area contributed by atoms with Gasteiger partial charge in [-0.2, -0.15) is 0 Å². The second-order valence-electron chi connectivity index (χ2n) is 16.5. The van der Waals surface area contributed by atoms with Gasteiger partial charge >= 0.3 is 0 Å². The Balaban J connectivity index is 0.913. The first-order chi connectivity index (χ1) is 31.2. The standard InChI is InChI=1S/C60H38N2O/c1-3-19-45(20-4-1)61-55-29-9-7-23-49(55)51-27-13-25-47(59(51)61)43-17-11-15-39(35-43)41-31-33-57-53(37-41)54-38-42(32-34-58(54)63-57)40-16-12-18-44(36-40)48-26-14-28-52-50-24-8-10-30-56(50)62(60(48)52)46-21-5-2-6-22-46/h1-38H. The molecule has 0 aliphatic carbocycles. The fourth-order valence-electron chi connectivity index (χ4n) is 10.1. The molecule has 0 atom stereocenters. The second-order valence-corrected chi connectivity index (χ2v) is 16.5. The molecule has 3 nitrogen and oxygen atoms in total. The molecule has 0 bridgehead atoms. The summed E-state index contributed by atoms with van der Waals surface area (Å²) in [6.07, 6.45) is 0. The summed E-state index contributed by atoms with van der Waals surface area (Å²) in [7, 11) is 0. The molecule has 13 rings (SSSR count). The highest BCUT2D eigenvalue weighted by Gasteiger charge is 2.19. The number of hydrogen-bond donors (Lipinski definition) is 0. The predicted octanol–water partition coefficient (Wildman–Crippen LogP) is 16.4. The summed E-state index contributed by atoms with van der Waals surface area (Å²) in [6, 6.07) is 83.4. The van der Waals surface area contributed by atoms with Crippen molar-refractivity contribution < 1.29 is 4.42 Å². The molecule has 0 radical (unpaired) electrons. The van der Waals surface area contributed by atoms with E-state index in [4.69, 9.17) is 4.42 Å². The van der Waals surface area contributed by atoms with Crippen molar-refractivity contribution >= 4 is 65.6 Å². The highest BCUT2D eigenvalue weighted by atomic mass is 16.3. The lowest BCUT2D eigenvalue weighted by Gasteiger charge is -2.13. The summed E-state index contributed by atoms with van der Waals surface area (Å²) in [5, 5.41) is 7.21. The molecule has 294 valence electrons. The molecule has 3 heterocycles. The lowest BCUT2D eigenvalue weighted by Crippen LogP contribution is -1.95. The summed E-state index contributed by atoms with van der Waals surface area (Å²) in [4.78, 5) is 0. The first-order valence-electron chi connectivity index (χ1n) is 21.6. The molecule has 13 aromatic rings. The van der Waals surface area contributed by atoms with Gasteiger partial charge in [-0.1, -0.05) is 158 Å². The largest absolute Gasteiger partial charge is 0.456 e. The van der Waals surface area contributed by atoms with Crippen LogP contribution in [-0.4, -0.2) is 9.13 Å². The van der Waals surface area contributed by atoms with Gasteiger partial charge in [-0.15, -0.1) is 0 Å². The van der Waals surface area contributed by atoms with Gasteiger partial charge in [0.25, 0.3) is 0 Å². The predicted molar refractivity (Wildman–Crippen MR) is 264 cm³/mol. The Morgan fingerprint density at radius 1 is 0.254 bits per heavy atom. The maximum absolute atomic E-state index is 6.48. The number of para-hydroxylation sites is 6. The average molecular weight is 803 g/mol. The fourth-order valence-corrected chi connectivity index (χ4v) is 10.1. The van der Waals surface area contributed by atoms with Crippen LogP contribution >= 0.6 is 0 Å². The molecule has 0 aliphatic heterocycles. The molecule has 3 heteroatoms. The molecular formula is C60H38N2O. The lowest BCUT2D eigenvalue weighted by atomic mass is 9.95. The Kier molecular flexibility index (Phi) is 7.91. The SMILES string of the molecule is c1ccc(-n2c3ccccc3c3cccc(-c4cccc(-c5ccc6oc7ccc(-c8cccc(-c9cccc%10c%11ccccc%11n(-c%11ccccc%11)c9%10)c8)cc7c6c5)c4)c32)cc1. The maximum Gasteiger partial charge on any atom is 0.135 e. The summed E-state index contributed by atoms with van der Waals surface area (Å²) in [5.41, 5.74) is 18.3. The van der Waals surface area contributed by atoms with Crippen LogP contribution in [0, 0.1) is 0 Å². The molecule has 0 saturated heterocycles. The molecule has 0 amide bonds. The third kappa shape index (κ3) is 5.60. The molecule has 63 heavy (non-hydrogen) atoms. The first-order valence-corrected chi connectivity index (χ1v) is 21.6. The Morgan fingerprint density at radius 2 is 0.635 bits per heavy atom. The van der Waals surface area contributed by atoms with Crippen molar-refractivity contribution in [3.8, 4) is 55.9 Å². The van der Waals surface area contributed by atoms with Gasteiger partial charge in [0.05, 0.1) is 22.1 Å². The zero-order valence-electron chi connectivity index (χ0n) is 34.2. The average Bonchev–Trinajstić information content (AvgIpc) is 4.02. The van der Waals surface area contributed by atoms with Crippen LogP contribution in [0.25, 0.3) is 121 Å². The van der Waals surface area contributed by atoms with Crippen molar-refractivity contribution in [3.63, 3.8) is 0 Å². The number of fused-ring (bicyclic) bond motifs is 9. The van der Waals surface area contributed by atoms with E-state index in [9.17, 15) is 0 Å². The van der Waals surface area contributed by atoms with E-state index in [1.807, 2.05) is 0 Å². The van der Waals surface area contributed by atoms with Crippen LogP contribution in [-0.2, 0) is 0 Å². The van der Waals surface area contributed by atoms with E-state index in [2.05, 4.69) is 240 Å². The van der Waals surface area contributed by atoms with Crippen LogP contribution in [0.5, 0.6) is 0 Å². The van der Waals surface area contributed by atoms with Crippen LogP contribution in [0.15, 0.2) is 235 Å². The molecule has 0 aliphatic rings. The van der Waals surface area contributed by atoms with E-state index in [0.29, 0.717) is 0 Å². The van der Waals surface area contributed by atoms with Crippen molar-refractivity contribution in [2.75, 3.05) is 0 Å². The maximum atomic E-state index is 6.48. The molecule has 10 aromatic carbocycles. The van der Waals surface area contributed by atoms with Crippen LogP contribution in [0.4, 0.5) is 0 Å². The van der Waals surface area contributed by atoms with Crippen molar-refractivity contribution in [3.05, 3.63) is 231 Å². The summed E-state index contributed by atoms with van der Waals surface area (Å²) in [6.45, 7) is 0. The van der Waals surface area contributed by atoms with Crippen molar-refractivity contribution in [1.29, 1.82) is 0 Å². The van der Waals surface area contributed by atoms with E-state index in [0.717, 1.165) is 55.6 Å². The van der Waals surface area contributed by atoms with E-state index in [1.54, 1.807) is 0 Å². The Hall–Kier alpha value is -8.40. The van der Waals surface area contributed by atoms with Gasteiger partial charge in [-0.3, -0.25) is 0 Å². The topological polar surface area (TPSA) is 23.0 Å². The van der Waals surface area contributed by atoms with Gasteiger partial charge in [0.15, 0.2) is 0 Å². The van der Waals surface area contributed by atoms with E-state index < -0.39 is 0 Å². The monoisotopic (exact) mass is 802 g/mol. The summed E-state index contributed by atoms with van der Waals surface area (Å²) < 4.78 is 11.3. The number of furan rings is 1. The van der Waals surface area contributed by atoms with Crippen LogP contribution in [0.3, 0.4) is 0 Å². The van der Waals surface area contributed by atoms with E-state index >= 15 is 0 Å². The Bertz CT molecular complexity index is 3650. The second kappa shape index (κ2) is 14.1. The molecule has 0 N–H and O–H groups in total. The third-order valence-electron chi connectivity index (χ3n) is 12.9. The minimum absolute atomic E-state index is 0.883. The van der Waals surface area contributed by atoms with Crippen molar-refractivity contribution in [2.24, 2.45) is 0 Å². The zero-order chi connectivity index (χ0) is 41.4. The first kappa shape index (κ1) is 35.4. The van der Waals surface area contributed by atoms with Gasteiger partial charge in [-0.25, -0.2) is 0 Å². The van der Waals surface area contributed by atoms with Gasteiger partial charge in [0, 0.05) is 54.8 Å². The number of nitrogens with zero attached hydrogens (tertiary/aromatic N) is 2. The van der Waals surface area contributed by atoms with Gasteiger partial charge < -0.3 is 13.6 Å². The Morgan fingerprint density at radius 3 is 1.11 bits per heavy atom. The fraction of sp³-hybridized carbons (Fsp3) is 0. The number of hydrogen-bond acceptors (Lipinski definition) is 1. The number of aromatic nitrogens is 2. The highest BCUT2D eigenvalue weighted by molar-refractivity contribution is 6.15. The number of rotatable bonds is 6. The third-order valence-corrected chi connectivity index (χ3v) is 12.9. The molecular weight excluding hydrogens is 765 g/mol. The van der Waals surface area contributed by atoms with Crippen LogP contribution < -0.4 is 0 Å². The van der Waals surface area contributed by atoms with Crippen LogP contribution in [0.1, 0.15) is 0 Å². The quantitative estimate of drug-likeness (QED) is 0.164. The highest BCUT2D eigenvalue weighted by Crippen LogP contribution is 2.42. The van der Waals surface area contributed by atoms with Gasteiger partial charge in [-0.05, 0) is 106 Å². The van der Waals surface area contributed by atoms with Crippen molar-refractivity contribution in [2.45, 2.75) is 0 Å². The lowest BCUT2D eigenvalue weighted by molar-refractivity contribution is 0.669. The minimum Gasteiger partial charge on any atom is -0.456 e. The molecule has 0 unspecified atom stereocenters. The Labute approximate surface area is 363 Å². The normalized spacial score (nSPS) is 11.8. The summed E-state index contributed by atoms with van der Waals surface area (Å²) >= 11 is 0. The van der Waals surface area contributed by atoms with Gasteiger partial charge in [0.1, 0.15) is 11.2 Å². The van der Waals surface area contributed by atoms with E-state index in [-0.39, 0.29) is 0 Å². The zero-order valence-corrected chi connectivity index (χ0v) is 34.2. The smallest absolute Gasteiger partial charge is 0.135 e. The number of benzene rings is 10. The molecule has 3 aromatic heterocycles. The van der Waals surface area contributed by atoms with Crippen LogP contribution in [0.2, 0.25) is 0 Å². The minimum atomic E-state index is 0.883. The van der Waals surface area contributed by atoms with Gasteiger partial charge in [0.2, 0.25) is 0 Å². The van der Waals surface area contributed by atoms with Crippen molar-refractivity contribution in [1.82, 2.24) is 9.13 Å². The molecule has 0 fully saturated rings. The van der Waals surface area contributed by atoms with E-state index in [1.165, 1.54) is 65.9 Å². The molecule has 0 spiro atoms. The summed E-state index contributed by atoms with van der Waals surface area (Å²) in [5.74, 6) is 0.